The van der Waals surface area contributed by atoms with Crippen LogP contribution in [0.1, 0.15) is 53.4 Å². The van der Waals surface area contributed by atoms with Crippen molar-refractivity contribution in [1.82, 2.24) is 20.1 Å². The lowest BCUT2D eigenvalue weighted by Gasteiger charge is -2.22. The molecule has 2 amide bonds. The number of nitriles is 1. The number of nitrogens with zero attached hydrogens (tertiary/aromatic N) is 4. The summed E-state index contributed by atoms with van der Waals surface area (Å²) in [6.45, 7) is 2.52. The maximum atomic E-state index is 12.6. The average molecular weight is 382 g/mol. The van der Waals surface area contributed by atoms with Crippen molar-refractivity contribution in [3.05, 3.63) is 42.0 Å². The monoisotopic (exact) mass is 382 g/mol. The molecule has 1 saturated heterocycles. The summed E-state index contributed by atoms with van der Waals surface area (Å²) in [5, 5.41) is 18.6. The second-order valence-corrected chi connectivity index (χ2v) is 6.60. The molecule has 0 saturated carbocycles. The van der Waals surface area contributed by atoms with E-state index in [0.717, 1.165) is 19.3 Å². The first-order chi connectivity index (χ1) is 13.6. The van der Waals surface area contributed by atoms with E-state index in [1.165, 1.54) is 6.20 Å². The van der Waals surface area contributed by atoms with Gasteiger partial charge in [-0.2, -0.15) is 10.4 Å². The van der Waals surface area contributed by atoms with Gasteiger partial charge < -0.3 is 15.4 Å². The normalized spacial score (nSPS) is 17.4. The second kappa shape index (κ2) is 9.10. The molecule has 2 unspecified atom stereocenters. The smallest absolute Gasteiger partial charge is 0.274 e. The molecule has 1 fully saturated rings. The number of rotatable bonds is 6. The van der Waals surface area contributed by atoms with Crippen LogP contribution in [0, 0.1) is 17.2 Å². The summed E-state index contributed by atoms with van der Waals surface area (Å²) < 4.78 is 7.28. The van der Waals surface area contributed by atoms with Gasteiger partial charge in [0.1, 0.15) is 11.9 Å². The lowest BCUT2D eigenvalue weighted by Crippen LogP contribution is -2.29. The van der Waals surface area contributed by atoms with Crippen molar-refractivity contribution in [2.24, 2.45) is 5.92 Å². The maximum absolute atomic E-state index is 12.6. The van der Waals surface area contributed by atoms with Gasteiger partial charge in [-0.3, -0.25) is 14.6 Å². The Bertz CT molecular complexity index is 868. The molecule has 9 heteroatoms. The fraction of sp³-hybridized carbons (Fsp3) is 0.421. The Hall–Kier alpha value is -3.25. The van der Waals surface area contributed by atoms with Crippen LogP contribution in [0.5, 0.6) is 0 Å². The van der Waals surface area contributed by atoms with Crippen LogP contribution in [0.4, 0.5) is 5.69 Å². The average Bonchev–Trinajstić information content (AvgIpc) is 3.16. The van der Waals surface area contributed by atoms with Crippen molar-refractivity contribution in [1.29, 1.82) is 5.26 Å². The van der Waals surface area contributed by atoms with E-state index >= 15 is 0 Å². The number of carbonyl (C=O) groups is 2. The number of carbonyl (C=O) groups excluding carboxylic acids is 2. The van der Waals surface area contributed by atoms with Gasteiger partial charge in [0.25, 0.3) is 11.8 Å². The van der Waals surface area contributed by atoms with Crippen molar-refractivity contribution < 1.29 is 14.3 Å². The minimum atomic E-state index is -0.465. The van der Waals surface area contributed by atoms with E-state index in [9.17, 15) is 9.59 Å². The molecule has 1 aliphatic rings. The molecule has 2 aromatic heterocycles. The third kappa shape index (κ3) is 4.72. The van der Waals surface area contributed by atoms with Crippen LogP contribution in [-0.4, -0.2) is 39.7 Å². The fourth-order valence-corrected chi connectivity index (χ4v) is 2.79. The highest BCUT2D eigenvalue weighted by atomic mass is 16.5. The van der Waals surface area contributed by atoms with Gasteiger partial charge in [0.15, 0.2) is 5.69 Å². The van der Waals surface area contributed by atoms with Gasteiger partial charge >= 0.3 is 0 Å². The molecule has 28 heavy (non-hydrogen) atoms. The number of hydrogen-bond acceptors (Lipinski definition) is 6. The maximum Gasteiger partial charge on any atom is 0.274 e. The number of ether oxygens (including phenoxy) is 1. The van der Waals surface area contributed by atoms with Gasteiger partial charge in [-0.1, -0.05) is 6.07 Å². The van der Waals surface area contributed by atoms with E-state index in [0.29, 0.717) is 6.61 Å². The van der Waals surface area contributed by atoms with Crippen LogP contribution in [0.3, 0.4) is 0 Å². The van der Waals surface area contributed by atoms with Gasteiger partial charge in [-0.25, -0.2) is 4.68 Å². The van der Waals surface area contributed by atoms with Crippen LogP contribution in [0.25, 0.3) is 0 Å². The second-order valence-electron chi connectivity index (χ2n) is 6.60. The zero-order valence-corrected chi connectivity index (χ0v) is 15.6. The Morgan fingerprint density at radius 2 is 2.25 bits per heavy atom. The molecule has 1 aliphatic heterocycles. The minimum absolute atomic E-state index is 0.0728. The van der Waals surface area contributed by atoms with Crippen LogP contribution in [-0.2, 0) is 4.74 Å². The SMILES string of the molecule is CC(C#N)CNC(=O)c1nn(C2CCCCO2)cc1NC(=O)c1ccccn1. The summed E-state index contributed by atoms with van der Waals surface area (Å²) in [6, 6.07) is 7.06. The van der Waals surface area contributed by atoms with E-state index < -0.39 is 11.8 Å². The molecule has 0 aromatic carbocycles. The molecule has 2 atom stereocenters. The molecular weight excluding hydrogens is 360 g/mol. The minimum Gasteiger partial charge on any atom is -0.357 e. The third-order valence-electron chi connectivity index (χ3n) is 4.33. The zero-order valence-electron chi connectivity index (χ0n) is 15.6. The fourth-order valence-electron chi connectivity index (χ4n) is 2.79. The molecule has 9 nitrogen and oxygen atoms in total. The number of amides is 2. The lowest BCUT2D eigenvalue weighted by atomic mass is 10.2. The van der Waals surface area contributed by atoms with Crippen molar-refractivity contribution in [3.8, 4) is 6.07 Å². The summed E-state index contributed by atoms with van der Waals surface area (Å²) in [6.07, 6.45) is 5.60. The van der Waals surface area contributed by atoms with Crippen molar-refractivity contribution in [2.45, 2.75) is 32.4 Å². The molecule has 0 bridgehead atoms. The summed E-state index contributed by atoms with van der Waals surface area (Å²) in [5.41, 5.74) is 0.573. The van der Waals surface area contributed by atoms with Crippen molar-refractivity contribution in [2.75, 3.05) is 18.5 Å². The van der Waals surface area contributed by atoms with Crippen LogP contribution < -0.4 is 10.6 Å². The molecule has 0 spiro atoms. The summed E-state index contributed by atoms with van der Waals surface area (Å²) in [4.78, 5) is 29.1. The first-order valence-electron chi connectivity index (χ1n) is 9.19. The van der Waals surface area contributed by atoms with Crippen molar-refractivity contribution >= 4 is 17.5 Å². The van der Waals surface area contributed by atoms with Gasteiger partial charge in [0.05, 0.1) is 23.9 Å². The van der Waals surface area contributed by atoms with Crippen LogP contribution >= 0.6 is 0 Å². The Balaban J connectivity index is 1.83. The Kier molecular flexibility index (Phi) is 6.34. The van der Waals surface area contributed by atoms with E-state index in [4.69, 9.17) is 10.00 Å². The van der Waals surface area contributed by atoms with E-state index in [2.05, 4.69) is 26.8 Å². The first kappa shape index (κ1) is 19.5. The molecule has 3 rings (SSSR count). The molecule has 0 aliphatic carbocycles. The summed E-state index contributed by atoms with van der Waals surface area (Å²) >= 11 is 0. The highest BCUT2D eigenvalue weighted by Crippen LogP contribution is 2.25. The quantitative estimate of drug-likeness (QED) is 0.789. The Morgan fingerprint density at radius 1 is 1.39 bits per heavy atom. The van der Waals surface area contributed by atoms with Gasteiger partial charge in [-0.05, 0) is 38.3 Å². The number of nitrogens with one attached hydrogen (secondary N) is 2. The van der Waals surface area contributed by atoms with Crippen molar-refractivity contribution in [3.63, 3.8) is 0 Å². The lowest BCUT2D eigenvalue weighted by molar-refractivity contribution is -0.0395. The summed E-state index contributed by atoms with van der Waals surface area (Å²) in [5.74, 6) is -1.24. The first-order valence-corrected chi connectivity index (χ1v) is 9.19. The molecule has 146 valence electrons. The predicted molar refractivity (Wildman–Crippen MR) is 100 cm³/mol. The van der Waals surface area contributed by atoms with Gasteiger partial charge in [-0.15, -0.1) is 0 Å². The Morgan fingerprint density at radius 3 is 2.93 bits per heavy atom. The molecule has 0 radical (unpaired) electrons. The largest absolute Gasteiger partial charge is 0.357 e. The van der Waals surface area contributed by atoms with E-state index in [1.807, 2.05) is 0 Å². The molecule has 2 aromatic rings. The topological polar surface area (TPSA) is 122 Å². The number of pyridine rings is 1. The molecule has 2 N–H and O–H groups in total. The Labute approximate surface area is 162 Å². The zero-order chi connectivity index (χ0) is 19.9. The van der Waals surface area contributed by atoms with Gasteiger partial charge in [0, 0.05) is 19.3 Å². The standard InChI is InChI=1S/C19H22N6O3/c1-13(10-20)11-22-19(27)17-15(23-18(26)14-6-2-4-8-21-14)12-25(24-17)16-7-3-5-9-28-16/h2,4,6,8,12-13,16H,3,5,7,9,11H2,1H3,(H,22,27)(H,23,26). The molecular formula is C19H22N6O3. The highest BCUT2D eigenvalue weighted by Gasteiger charge is 2.24. The molecule has 3 heterocycles. The van der Waals surface area contributed by atoms with Gasteiger partial charge in [0.2, 0.25) is 0 Å². The third-order valence-corrected chi connectivity index (χ3v) is 4.33. The van der Waals surface area contributed by atoms with Crippen LogP contribution in [0.15, 0.2) is 30.6 Å². The van der Waals surface area contributed by atoms with Crippen LogP contribution in [0.2, 0.25) is 0 Å². The van der Waals surface area contributed by atoms with E-state index in [1.54, 1.807) is 36.0 Å². The number of hydrogen-bond donors (Lipinski definition) is 2. The summed E-state index contributed by atoms with van der Waals surface area (Å²) in [7, 11) is 0. The number of aromatic nitrogens is 3. The number of anilines is 1. The predicted octanol–water partition coefficient (Wildman–Crippen LogP) is 2.12. The van der Waals surface area contributed by atoms with E-state index in [-0.39, 0.29) is 35.8 Å². The highest BCUT2D eigenvalue weighted by molar-refractivity contribution is 6.07.